The summed E-state index contributed by atoms with van der Waals surface area (Å²) in [5.74, 6) is 0. The van der Waals surface area contributed by atoms with Crippen LogP contribution in [0.15, 0.2) is 85.0 Å². The number of rotatable bonds is 1. The molecule has 0 heterocycles. The van der Waals surface area contributed by atoms with E-state index < -0.39 is 0 Å². The summed E-state index contributed by atoms with van der Waals surface area (Å²) in [5.41, 5.74) is 2.74. The highest BCUT2D eigenvalue weighted by molar-refractivity contribution is 6.12. The van der Waals surface area contributed by atoms with E-state index in [2.05, 4.69) is 85.0 Å². The number of hydrogen-bond donors (Lipinski definition) is 0. The largest absolute Gasteiger partial charge is 0.0801 e. The van der Waals surface area contributed by atoms with E-state index in [4.69, 9.17) is 0 Å². The topological polar surface area (TPSA) is 0 Å². The van der Waals surface area contributed by atoms with E-state index >= 15 is 0 Å². The molecule has 0 fully saturated rings. The zero-order chi connectivity index (χ0) is 15.2. The van der Waals surface area contributed by atoms with Crippen molar-refractivity contribution in [1.29, 1.82) is 0 Å². The molecule has 0 aromatic heterocycles. The maximum absolute atomic E-state index is 2.35. The van der Waals surface area contributed by atoms with Crippen LogP contribution in [-0.4, -0.2) is 0 Å². The Bertz CT molecular complexity index is 1130. The summed E-state index contributed by atoms with van der Waals surface area (Å²) < 4.78 is 0. The molecule has 0 atom stereocenters. The van der Waals surface area contributed by atoms with Crippen LogP contribution < -0.4 is 0 Å². The number of fused-ring (bicyclic) bond motifs is 4. The van der Waals surface area contributed by atoms with Crippen LogP contribution in [0.3, 0.4) is 0 Å². The quantitative estimate of drug-likeness (QED) is 0.278. The van der Waals surface area contributed by atoms with Gasteiger partial charge in [-0.2, -0.15) is 0 Å². The van der Waals surface area contributed by atoms with Crippen molar-refractivity contribution in [3.63, 3.8) is 0 Å². The molecule has 0 heteroatoms. The lowest BCUT2D eigenvalue weighted by molar-refractivity contribution is 1.44. The minimum atomic E-state index is 1.04. The molecule has 0 aliphatic heterocycles. The Hall–Kier alpha value is -2.86. The van der Waals surface area contributed by atoms with Gasteiger partial charge in [-0.15, -0.1) is 0 Å². The van der Waals surface area contributed by atoms with Gasteiger partial charge in [-0.05, 0) is 68.1 Å². The van der Waals surface area contributed by atoms with E-state index in [1.807, 2.05) is 0 Å². The monoisotopic (exact) mass is 292 g/mol. The molecular weight excluding hydrogens is 276 g/mol. The van der Waals surface area contributed by atoms with E-state index in [9.17, 15) is 0 Å². The molecule has 5 rings (SSSR count). The Kier molecular flexibility index (Phi) is 2.65. The predicted octanol–water partition coefficient (Wildman–Crippen LogP) is 6.49. The molecule has 0 saturated heterocycles. The third kappa shape index (κ3) is 1.99. The van der Waals surface area contributed by atoms with Gasteiger partial charge in [0, 0.05) is 0 Å². The first-order valence-corrected chi connectivity index (χ1v) is 8.10. The lowest BCUT2D eigenvalue weighted by atomic mass is 9.95. The Labute approximate surface area is 135 Å². The summed E-state index contributed by atoms with van der Waals surface area (Å²) in [5, 5.41) is 7.92. The van der Waals surface area contributed by atoms with E-state index in [-0.39, 0.29) is 0 Å². The highest BCUT2D eigenvalue weighted by atomic mass is 14.1. The Morgan fingerprint density at radius 3 is 2.17 bits per heavy atom. The zero-order valence-electron chi connectivity index (χ0n) is 12.8. The van der Waals surface area contributed by atoms with Crippen molar-refractivity contribution in [3.8, 4) is 0 Å². The van der Waals surface area contributed by atoms with Crippen molar-refractivity contribution >= 4 is 37.9 Å². The zero-order valence-corrected chi connectivity index (χ0v) is 12.8. The van der Waals surface area contributed by atoms with Gasteiger partial charge >= 0.3 is 0 Å². The van der Waals surface area contributed by atoms with Crippen molar-refractivity contribution in [1.82, 2.24) is 0 Å². The Morgan fingerprint density at radius 1 is 0.609 bits per heavy atom. The van der Waals surface area contributed by atoms with Crippen LogP contribution in [0, 0.1) is 0 Å². The second-order valence-electron chi connectivity index (χ2n) is 6.25. The van der Waals surface area contributed by atoms with Gasteiger partial charge in [-0.25, -0.2) is 0 Å². The van der Waals surface area contributed by atoms with Gasteiger partial charge in [0.05, 0.1) is 0 Å². The molecule has 0 amide bonds. The molecule has 1 aliphatic rings. The lowest BCUT2D eigenvalue weighted by Crippen LogP contribution is -1.84. The molecule has 4 aromatic carbocycles. The third-order valence-corrected chi connectivity index (χ3v) is 4.85. The summed E-state index contributed by atoms with van der Waals surface area (Å²) in [6.45, 7) is 0. The summed E-state index contributed by atoms with van der Waals surface area (Å²) in [6, 6.07) is 24.5. The average molecular weight is 292 g/mol. The molecule has 0 nitrogen and oxygen atoms in total. The minimum absolute atomic E-state index is 1.04. The second kappa shape index (κ2) is 4.82. The van der Waals surface area contributed by atoms with Gasteiger partial charge in [-0.3, -0.25) is 0 Å². The molecular formula is C23H16. The van der Waals surface area contributed by atoms with Crippen LogP contribution in [-0.2, 0) is 0 Å². The SMILES string of the molecule is C1=CCC(c2ccc3ccc4cc5ccccc5cc4c3c2)=C1. The van der Waals surface area contributed by atoms with Crippen molar-refractivity contribution in [2.75, 3.05) is 0 Å². The molecule has 0 spiro atoms. The van der Waals surface area contributed by atoms with Gasteiger partial charge in [0.1, 0.15) is 0 Å². The molecule has 0 unspecified atom stereocenters. The molecule has 23 heavy (non-hydrogen) atoms. The molecule has 4 aromatic rings. The first kappa shape index (κ1) is 12.7. The van der Waals surface area contributed by atoms with Crippen molar-refractivity contribution in [2.45, 2.75) is 6.42 Å². The van der Waals surface area contributed by atoms with E-state index in [0.717, 1.165) is 6.42 Å². The fourth-order valence-electron chi connectivity index (χ4n) is 3.60. The van der Waals surface area contributed by atoms with Crippen LogP contribution in [0.1, 0.15) is 12.0 Å². The van der Waals surface area contributed by atoms with E-state index in [0.29, 0.717) is 0 Å². The molecule has 0 saturated carbocycles. The average Bonchev–Trinajstić information content (AvgIpc) is 3.14. The van der Waals surface area contributed by atoms with Gasteiger partial charge < -0.3 is 0 Å². The number of allylic oxidation sites excluding steroid dienone is 4. The van der Waals surface area contributed by atoms with Crippen LogP contribution in [0.25, 0.3) is 37.9 Å². The summed E-state index contributed by atoms with van der Waals surface area (Å²) >= 11 is 0. The summed E-state index contributed by atoms with van der Waals surface area (Å²) in [4.78, 5) is 0. The van der Waals surface area contributed by atoms with Crippen molar-refractivity contribution < 1.29 is 0 Å². The van der Waals surface area contributed by atoms with Crippen LogP contribution in [0.5, 0.6) is 0 Å². The molecule has 0 radical (unpaired) electrons. The normalized spacial score (nSPS) is 14.0. The highest BCUT2D eigenvalue weighted by Gasteiger charge is 2.07. The van der Waals surface area contributed by atoms with Gasteiger partial charge in [0.25, 0.3) is 0 Å². The molecule has 1 aliphatic carbocycles. The first-order valence-electron chi connectivity index (χ1n) is 8.10. The fraction of sp³-hybridized carbons (Fsp3) is 0.0435. The summed E-state index contributed by atoms with van der Waals surface area (Å²) in [6.07, 6.45) is 7.63. The van der Waals surface area contributed by atoms with Gasteiger partial charge in [-0.1, -0.05) is 66.8 Å². The highest BCUT2D eigenvalue weighted by Crippen LogP contribution is 2.32. The second-order valence-corrected chi connectivity index (χ2v) is 6.25. The maximum Gasteiger partial charge on any atom is -0.00884 e. The van der Waals surface area contributed by atoms with Crippen LogP contribution in [0.2, 0.25) is 0 Å². The van der Waals surface area contributed by atoms with Crippen molar-refractivity contribution in [2.24, 2.45) is 0 Å². The van der Waals surface area contributed by atoms with Crippen LogP contribution >= 0.6 is 0 Å². The number of benzene rings is 4. The van der Waals surface area contributed by atoms with Gasteiger partial charge in [0.15, 0.2) is 0 Å². The van der Waals surface area contributed by atoms with Crippen LogP contribution in [0.4, 0.5) is 0 Å². The lowest BCUT2D eigenvalue weighted by Gasteiger charge is -2.09. The molecule has 0 bridgehead atoms. The Morgan fingerprint density at radius 2 is 1.35 bits per heavy atom. The summed E-state index contributed by atoms with van der Waals surface area (Å²) in [7, 11) is 0. The molecule has 108 valence electrons. The Balaban J connectivity index is 1.85. The number of hydrogen-bond acceptors (Lipinski definition) is 0. The first-order chi connectivity index (χ1) is 11.4. The third-order valence-electron chi connectivity index (χ3n) is 4.85. The maximum atomic E-state index is 2.35. The molecule has 0 N–H and O–H groups in total. The minimum Gasteiger partial charge on any atom is -0.0801 e. The van der Waals surface area contributed by atoms with Crippen molar-refractivity contribution in [3.05, 3.63) is 90.5 Å². The standard InChI is InChI=1S/C23H16/c1-2-6-16(5-1)20-11-9-17-10-12-21-13-18-7-3-4-8-19(18)14-23(21)22(17)15-20/h1-5,7-15H,6H2. The van der Waals surface area contributed by atoms with E-state index in [1.165, 1.54) is 43.5 Å². The van der Waals surface area contributed by atoms with Gasteiger partial charge in [0.2, 0.25) is 0 Å². The van der Waals surface area contributed by atoms with E-state index in [1.54, 1.807) is 0 Å². The predicted molar refractivity (Wildman–Crippen MR) is 101 cm³/mol. The fourth-order valence-corrected chi connectivity index (χ4v) is 3.60. The smallest absolute Gasteiger partial charge is 0.00884 e.